The Morgan fingerprint density at radius 1 is 1.12 bits per heavy atom. The van der Waals surface area contributed by atoms with E-state index in [0.717, 1.165) is 44.3 Å². The molecule has 0 bridgehead atoms. The fourth-order valence-corrected chi connectivity index (χ4v) is 4.64. The minimum atomic E-state index is -0.231. The maximum atomic E-state index is 12.6. The number of likely N-dealkylation sites (tertiary alicyclic amines) is 1. The fourth-order valence-electron chi connectivity index (χ4n) is 4.34. The SMILES string of the molecule is C[C@@H]1[C@@H](O)CCCN1CCCCN1CCN(C(=O)/C=C/c2ccc(Cl)c(Cl)c2)CCC1=O. The number of hydrogen-bond donors (Lipinski definition) is 1. The lowest BCUT2D eigenvalue weighted by Gasteiger charge is -2.37. The van der Waals surface area contributed by atoms with Crippen LogP contribution in [-0.2, 0) is 9.59 Å². The summed E-state index contributed by atoms with van der Waals surface area (Å²) in [5, 5.41) is 11.0. The molecule has 6 nitrogen and oxygen atoms in total. The third kappa shape index (κ3) is 6.95. The highest BCUT2D eigenvalue weighted by atomic mass is 35.5. The number of carbonyl (C=O) groups is 2. The number of benzene rings is 1. The van der Waals surface area contributed by atoms with E-state index in [-0.39, 0.29) is 24.0 Å². The van der Waals surface area contributed by atoms with E-state index < -0.39 is 0 Å². The molecule has 176 valence electrons. The van der Waals surface area contributed by atoms with E-state index in [1.54, 1.807) is 29.2 Å². The van der Waals surface area contributed by atoms with Crippen LogP contribution in [0.25, 0.3) is 6.08 Å². The molecular weight excluding hydrogens is 449 g/mol. The normalized spacial score (nSPS) is 23.1. The maximum absolute atomic E-state index is 12.6. The first-order chi connectivity index (χ1) is 15.3. The zero-order valence-corrected chi connectivity index (χ0v) is 20.2. The van der Waals surface area contributed by atoms with Crippen LogP contribution in [0, 0.1) is 0 Å². The van der Waals surface area contributed by atoms with Gasteiger partial charge in [0.25, 0.3) is 0 Å². The summed E-state index contributed by atoms with van der Waals surface area (Å²) in [5.41, 5.74) is 0.802. The smallest absolute Gasteiger partial charge is 0.246 e. The minimum Gasteiger partial charge on any atom is -0.392 e. The molecule has 0 saturated carbocycles. The number of nitrogens with zero attached hydrogens (tertiary/aromatic N) is 3. The van der Waals surface area contributed by atoms with Gasteiger partial charge in [0.05, 0.1) is 16.1 Å². The van der Waals surface area contributed by atoms with E-state index >= 15 is 0 Å². The molecule has 1 aromatic rings. The van der Waals surface area contributed by atoms with Crippen molar-refractivity contribution in [1.82, 2.24) is 14.7 Å². The van der Waals surface area contributed by atoms with Crippen LogP contribution in [-0.4, -0.2) is 83.0 Å². The van der Waals surface area contributed by atoms with Crippen LogP contribution < -0.4 is 0 Å². The number of unbranched alkanes of at least 4 members (excludes halogenated alkanes) is 1. The second kappa shape index (κ2) is 12.0. The summed E-state index contributed by atoms with van der Waals surface area (Å²) < 4.78 is 0. The molecule has 1 N–H and O–H groups in total. The van der Waals surface area contributed by atoms with Crippen molar-refractivity contribution < 1.29 is 14.7 Å². The van der Waals surface area contributed by atoms with E-state index in [1.165, 1.54) is 6.08 Å². The van der Waals surface area contributed by atoms with E-state index in [4.69, 9.17) is 23.2 Å². The van der Waals surface area contributed by atoms with E-state index in [0.29, 0.717) is 42.6 Å². The van der Waals surface area contributed by atoms with Crippen molar-refractivity contribution in [2.75, 3.05) is 39.3 Å². The lowest BCUT2D eigenvalue weighted by Crippen LogP contribution is -2.46. The molecule has 0 radical (unpaired) electrons. The highest BCUT2D eigenvalue weighted by Gasteiger charge is 2.26. The molecule has 0 unspecified atom stereocenters. The van der Waals surface area contributed by atoms with Crippen molar-refractivity contribution in [2.24, 2.45) is 0 Å². The molecule has 0 aromatic heterocycles. The summed E-state index contributed by atoms with van der Waals surface area (Å²) in [6.45, 7) is 6.31. The van der Waals surface area contributed by atoms with Crippen molar-refractivity contribution >= 4 is 41.1 Å². The quantitative estimate of drug-likeness (QED) is 0.476. The van der Waals surface area contributed by atoms with Gasteiger partial charge < -0.3 is 14.9 Å². The molecule has 0 spiro atoms. The molecule has 2 heterocycles. The zero-order chi connectivity index (χ0) is 23.1. The van der Waals surface area contributed by atoms with Crippen LogP contribution in [0.2, 0.25) is 10.0 Å². The summed E-state index contributed by atoms with van der Waals surface area (Å²) in [5.74, 6) is -0.00103. The van der Waals surface area contributed by atoms with Gasteiger partial charge in [0.2, 0.25) is 11.8 Å². The lowest BCUT2D eigenvalue weighted by atomic mass is 10.00. The highest BCUT2D eigenvalue weighted by Crippen LogP contribution is 2.23. The summed E-state index contributed by atoms with van der Waals surface area (Å²) in [6, 6.07) is 5.43. The van der Waals surface area contributed by atoms with Crippen molar-refractivity contribution in [3.8, 4) is 0 Å². The number of hydrogen-bond acceptors (Lipinski definition) is 4. The first kappa shape index (κ1) is 25.0. The van der Waals surface area contributed by atoms with E-state index in [2.05, 4.69) is 11.8 Å². The predicted molar refractivity (Wildman–Crippen MR) is 129 cm³/mol. The largest absolute Gasteiger partial charge is 0.392 e. The molecule has 2 fully saturated rings. The third-order valence-corrected chi connectivity index (χ3v) is 7.20. The van der Waals surface area contributed by atoms with E-state index in [1.807, 2.05) is 4.90 Å². The Labute approximate surface area is 200 Å². The Bertz CT molecular complexity index is 833. The van der Waals surface area contributed by atoms with Gasteiger partial charge in [-0.25, -0.2) is 0 Å². The first-order valence-electron chi connectivity index (χ1n) is 11.5. The van der Waals surface area contributed by atoms with Gasteiger partial charge in [-0.05, 0) is 69.5 Å². The van der Waals surface area contributed by atoms with Crippen molar-refractivity contribution in [1.29, 1.82) is 0 Å². The summed E-state index contributed by atoms with van der Waals surface area (Å²) in [7, 11) is 0. The summed E-state index contributed by atoms with van der Waals surface area (Å²) in [4.78, 5) is 31.1. The van der Waals surface area contributed by atoms with Crippen molar-refractivity contribution in [2.45, 2.75) is 51.2 Å². The minimum absolute atomic E-state index is 0.107. The Hall–Kier alpha value is -1.60. The number of piperidine rings is 1. The topological polar surface area (TPSA) is 64.1 Å². The number of aliphatic hydroxyl groups is 1. The van der Waals surface area contributed by atoms with Crippen LogP contribution in [0.15, 0.2) is 24.3 Å². The van der Waals surface area contributed by atoms with Gasteiger partial charge in [-0.15, -0.1) is 0 Å². The molecule has 0 aliphatic carbocycles. The molecule has 32 heavy (non-hydrogen) atoms. The van der Waals surface area contributed by atoms with Gasteiger partial charge >= 0.3 is 0 Å². The van der Waals surface area contributed by atoms with Gasteiger partial charge in [-0.3, -0.25) is 14.5 Å². The van der Waals surface area contributed by atoms with Gasteiger partial charge in [0, 0.05) is 44.7 Å². The summed E-state index contributed by atoms with van der Waals surface area (Å²) in [6.07, 6.45) is 7.21. The molecule has 2 atom stereocenters. The number of rotatable bonds is 7. The monoisotopic (exact) mass is 481 g/mol. The van der Waals surface area contributed by atoms with Crippen LogP contribution in [0.3, 0.4) is 0 Å². The summed E-state index contributed by atoms with van der Waals surface area (Å²) >= 11 is 12.0. The number of aliphatic hydroxyl groups excluding tert-OH is 1. The Balaban J connectivity index is 1.43. The van der Waals surface area contributed by atoms with Crippen molar-refractivity contribution in [3.63, 3.8) is 0 Å². The average molecular weight is 482 g/mol. The molecule has 1 aromatic carbocycles. The second-order valence-electron chi connectivity index (χ2n) is 8.66. The molecule has 2 aliphatic rings. The van der Waals surface area contributed by atoms with Gasteiger partial charge in [-0.1, -0.05) is 29.3 Å². The van der Waals surface area contributed by atoms with Gasteiger partial charge in [0.15, 0.2) is 0 Å². The van der Waals surface area contributed by atoms with Gasteiger partial charge in [0.1, 0.15) is 0 Å². The number of halogens is 2. The Kier molecular flexibility index (Phi) is 9.41. The average Bonchev–Trinajstić information content (AvgIpc) is 2.96. The van der Waals surface area contributed by atoms with Crippen LogP contribution >= 0.6 is 23.2 Å². The molecule has 2 amide bonds. The number of amides is 2. The standard InChI is InChI=1S/C24H33Cl2N3O3/c1-18-22(30)5-4-13-27(18)11-2-3-12-28-15-16-29(14-10-24(28)32)23(31)9-7-19-6-8-20(25)21(26)17-19/h6-9,17-18,22,30H,2-5,10-16H2,1H3/b9-7+/t18-,22+/m1/s1. The van der Waals surface area contributed by atoms with Crippen LogP contribution in [0.4, 0.5) is 0 Å². The Morgan fingerprint density at radius 3 is 2.69 bits per heavy atom. The molecule has 3 rings (SSSR count). The molecule has 8 heteroatoms. The van der Waals surface area contributed by atoms with Gasteiger partial charge in [-0.2, -0.15) is 0 Å². The first-order valence-corrected chi connectivity index (χ1v) is 12.2. The molecular formula is C24H33Cl2N3O3. The van der Waals surface area contributed by atoms with Crippen molar-refractivity contribution in [3.05, 3.63) is 39.9 Å². The van der Waals surface area contributed by atoms with Crippen LogP contribution in [0.5, 0.6) is 0 Å². The zero-order valence-electron chi connectivity index (χ0n) is 18.7. The predicted octanol–water partition coefficient (Wildman–Crippen LogP) is 3.69. The number of carbonyl (C=O) groups excluding carboxylic acids is 2. The lowest BCUT2D eigenvalue weighted by molar-refractivity contribution is -0.130. The molecule has 2 aliphatic heterocycles. The maximum Gasteiger partial charge on any atom is 0.246 e. The Morgan fingerprint density at radius 2 is 1.91 bits per heavy atom. The van der Waals surface area contributed by atoms with Crippen LogP contribution in [0.1, 0.15) is 44.6 Å². The molecule has 2 saturated heterocycles. The highest BCUT2D eigenvalue weighted by molar-refractivity contribution is 6.42. The fraction of sp³-hybridized carbons (Fsp3) is 0.583. The second-order valence-corrected chi connectivity index (χ2v) is 9.47. The third-order valence-electron chi connectivity index (χ3n) is 6.46. The van der Waals surface area contributed by atoms with E-state index in [9.17, 15) is 14.7 Å².